The van der Waals surface area contributed by atoms with Gasteiger partial charge in [0.05, 0.1) is 12.7 Å². The zero-order valence-corrected chi connectivity index (χ0v) is 13.3. The molecule has 0 amide bonds. The van der Waals surface area contributed by atoms with Gasteiger partial charge in [-0.1, -0.05) is 24.3 Å². The van der Waals surface area contributed by atoms with Crippen molar-refractivity contribution in [3.05, 3.63) is 72.3 Å². The van der Waals surface area contributed by atoms with Crippen molar-refractivity contribution in [3.63, 3.8) is 0 Å². The minimum absolute atomic E-state index is 0.371. The number of ether oxygens (including phenoxy) is 1. The van der Waals surface area contributed by atoms with Crippen LogP contribution in [-0.4, -0.2) is 13.1 Å². The van der Waals surface area contributed by atoms with E-state index in [1.165, 1.54) is 7.11 Å². The Balaban J connectivity index is 2.14. The van der Waals surface area contributed by atoms with E-state index in [4.69, 9.17) is 16.2 Å². The second-order valence-corrected chi connectivity index (χ2v) is 5.53. The lowest BCUT2D eigenvalue weighted by atomic mass is 9.96. The Morgan fingerprint density at radius 3 is 1.50 bits per heavy atom. The van der Waals surface area contributed by atoms with E-state index in [2.05, 4.69) is 0 Å². The summed E-state index contributed by atoms with van der Waals surface area (Å²) in [5.74, 6) is -0.371. The summed E-state index contributed by atoms with van der Waals surface area (Å²) >= 11 is 0. The van der Waals surface area contributed by atoms with Crippen molar-refractivity contribution in [3.8, 4) is 22.3 Å². The number of nitrogens with two attached hydrogens (primary N) is 2. The second-order valence-electron chi connectivity index (χ2n) is 5.53. The molecule has 0 aliphatic rings. The molecule has 0 aliphatic heterocycles. The van der Waals surface area contributed by atoms with E-state index in [9.17, 15) is 4.79 Å². The van der Waals surface area contributed by atoms with E-state index in [-0.39, 0.29) is 5.97 Å². The first-order chi connectivity index (χ1) is 11.6. The van der Waals surface area contributed by atoms with Gasteiger partial charge in [0.25, 0.3) is 0 Å². The topological polar surface area (TPSA) is 78.3 Å². The molecule has 0 aliphatic carbocycles. The van der Waals surface area contributed by atoms with Crippen LogP contribution in [0.2, 0.25) is 0 Å². The standard InChI is InChI=1S/C20H18N2O2/c1-24-20(23)17-11-15(13-2-6-18(21)7-3-13)10-16(12-17)14-4-8-19(22)9-5-14/h2-12H,21-22H2,1H3. The Kier molecular flexibility index (Phi) is 4.20. The van der Waals surface area contributed by atoms with Gasteiger partial charge in [-0.05, 0) is 64.7 Å². The Labute approximate surface area is 140 Å². The van der Waals surface area contributed by atoms with Crippen molar-refractivity contribution in [1.82, 2.24) is 0 Å². The molecule has 0 bridgehead atoms. The van der Waals surface area contributed by atoms with E-state index < -0.39 is 0 Å². The van der Waals surface area contributed by atoms with Crippen molar-refractivity contribution in [2.24, 2.45) is 0 Å². The molecule has 0 spiro atoms. The van der Waals surface area contributed by atoms with Crippen LogP contribution in [-0.2, 0) is 4.74 Å². The van der Waals surface area contributed by atoms with Crippen molar-refractivity contribution >= 4 is 17.3 Å². The third kappa shape index (κ3) is 3.22. The van der Waals surface area contributed by atoms with Crippen LogP contribution in [0.4, 0.5) is 11.4 Å². The number of methoxy groups -OCH3 is 1. The number of esters is 1. The maximum Gasteiger partial charge on any atom is 0.337 e. The molecule has 0 radical (unpaired) electrons. The molecule has 0 aromatic heterocycles. The third-order valence-corrected chi connectivity index (χ3v) is 3.84. The zero-order valence-electron chi connectivity index (χ0n) is 13.3. The van der Waals surface area contributed by atoms with Gasteiger partial charge in [0.15, 0.2) is 0 Å². The normalized spacial score (nSPS) is 10.4. The van der Waals surface area contributed by atoms with Gasteiger partial charge in [-0.3, -0.25) is 0 Å². The van der Waals surface area contributed by atoms with Gasteiger partial charge < -0.3 is 16.2 Å². The van der Waals surface area contributed by atoms with Gasteiger partial charge in [-0.15, -0.1) is 0 Å². The SMILES string of the molecule is COC(=O)c1cc(-c2ccc(N)cc2)cc(-c2ccc(N)cc2)c1. The molecular formula is C20H18N2O2. The largest absolute Gasteiger partial charge is 0.465 e. The van der Waals surface area contributed by atoms with E-state index in [1.807, 2.05) is 66.7 Å². The van der Waals surface area contributed by atoms with E-state index >= 15 is 0 Å². The van der Waals surface area contributed by atoms with Gasteiger partial charge in [0, 0.05) is 11.4 Å². The minimum Gasteiger partial charge on any atom is -0.465 e. The number of rotatable bonds is 3. The highest BCUT2D eigenvalue weighted by Crippen LogP contribution is 2.29. The summed E-state index contributed by atoms with van der Waals surface area (Å²) in [4.78, 5) is 12.0. The molecule has 0 unspecified atom stereocenters. The van der Waals surface area contributed by atoms with Gasteiger partial charge in [0.1, 0.15) is 0 Å². The van der Waals surface area contributed by atoms with E-state index in [0.29, 0.717) is 16.9 Å². The number of anilines is 2. The maximum atomic E-state index is 12.0. The molecular weight excluding hydrogens is 300 g/mol. The lowest BCUT2D eigenvalue weighted by Crippen LogP contribution is -2.02. The molecule has 0 fully saturated rings. The molecule has 0 saturated heterocycles. The van der Waals surface area contributed by atoms with Gasteiger partial charge in [-0.2, -0.15) is 0 Å². The van der Waals surface area contributed by atoms with Crippen molar-refractivity contribution < 1.29 is 9.53 Å². The predicted octanol–water partition coefficient (Wildman–Crippen LogP) is 3.97. The van der Waals surface area contributed by atoms with Crippen LogP contribution in [0.3, 0.4) is 0 Å². The first-order valence-electron chi connectivity index (χ1n) is 7.52. The fourth-order valence-corrected chi connectivity index (χ4v) is 2.55. The van der Waals surface area contributed by atoms with E-state index in [1.54, 1.807) is 0 Å². The molecule has 4 heteroatoms. The predicted molar refractivity (Wildman–Crippen MR) is 97.5 cm³/mol. The molecule has 0 heterocycles. The van der Waals surface area contributed by atoms with Gasteiger partial charge >= 0.3 is 5.97 Å². The van der Waals surface area contributed by atoms with Crippen LogP contribution < -0.4 is 11.5 Å². The maximum absolute atomic E-state index is 12.0. The van der Waals surface area contributed by atoms with Crippen LogP contribution in [0, 0.1) is 0 Å². The molecule has 0 atom stereocenters. The van der Waals surface area contributed by atoms with Gasteiger partial charge in [-0.25, -0.2) is 4.79 Å². The summed E-state index contributed by atoms with van der Waals surface area (Å²) in [6, 6.07) is 20.7. The first kappa shape index (κ1) is 15.6. The fourth-order valence-electron chi connectivity index (χ4n) is 2.55. The van der Waals surface area contributed by atoms with Crippen molar-refractivity contribution in [2.75, 3.05) is 18.6 Å². The van der Waals surface area contributed by atoms with Gasteiger partial charge in [0.2, 0.25) is 0 Å². The molecule has 0 saturated carbocycles. The highest BCUT2D eigenvalue weighted by Gasteiger charge is 2.11. The highest BCUT2D eigenvalue weighted by molar-refractivity contribution is 5.93. The molecule has 3 aromatic carbocycles. The summed E-state index contributed by atoms with van der Waals surface area (Å²) in [6.45, 7) is 0. The fraction of sp³-hybridized carbons (Fsp3) is 0.0500. The first-order valence-corrected chi connectivity index (χ1v) is 7.52. The molecule has 4 N–H and O–H groups in total. The summed E-state index contributed by atoms with van der Waals surface area (Å²) in [6.07, 6.45) is 0. The highest BCUT2D eigenvalue weighted by atomic mass is 16.5. The Hall–Kier alpha value is -3.27. The lowest BCUT2D eigenvalue weighted by Gasteiger charge is -2.10. The summed E-state index contributed by atoms with van der Waals surface area (Å²) in [5, 5.41) is 0. The van der Waals surface area contributed by atoms with Crippen LogP contribution in [0.25, 0.3) is 22.3 Å². The number of nitrogen functional groups attached to an aromatic ring is 2. The quantitative estimate of drug-likeness (QED) is 0.566. The summed E-state index contributed by atoms with van der Waals surface area (Å²) in [7, 11) is 1.38. The third-order valence-electron chi connectivity index (χ3n) is 3.84. The lowest BCUT2D eigenvalue weighted by molar-refractivity contribution is 0.0601. The number of benzene rings is 3. The van der Waals surface area contributed by atoms with Crippen molar-refractivity contribution in [1.29, 1.82) is 0 Å². The second kappa shape index (κ2) is 6.46. The Morgan fingerprint density at radius 1 is 0.708 bits per heavy atom. The molecule has 120 valence electrons. The molecule has 4 nitrogen and oxygen atoms in total. The Bertz CT molecular complexity index is 805. The van der Waals surface area contributed by atoms with Crippen LogP contribution in [0.15, 0.2) is 66.7 Å². The average Bonchev–Trinajstić information content (AvgIpc) is 2.62. The minimum atomic E-state index is -0.371. The monoisotopic (exact) mass is 318 g/mol. The van der Waals surface area contributed by atoms with Crippen molar-refractivity contribution in [2.45, 2.75) is 0 Å². The molecule has 3 aromatic rings. The number of hydrogen-bond donors (Lipinski definition) is 2. The molecule has 3 rings (SSSR count). The van der Waals surface area contributed by atoms with Crippen LogP contribution >= 0.6 is 0 Å². The molecule has 24 heavy (non-hydrogen) atoms. The number of hydrogen-bond acceptors (Lipinski definition) is 4. The smallest absolute Gasteiger partial charge is 0.337 e. The Morgan fingerprint density at radius 2 is 1.12 bits per heavy atom. The average molecular weight is 318 g/mol. The van der Waals surface area contributed by atoms with Crippen LogP contribution in [0.5, 0.6) is 0 Å². The zero-order chi connectivity index (χ0) is 17.1. The number of carbonyl (C=O) groups excluding carboxylic acids is 1. The summed E-state index contributed by atoms with van der Waals surface area (Å²) in [5.41, 5.74) is 17.2. The van der Waals surface area contributed by atoms with E-state index in [0.717, 1.165) is 22.3 Å². The summed E-state index contributed by atoms with van der Waals surface area (Å²) < 4.78 is 4.88. The number of carbonyl (C=O) groups is 1. The van der Waals surface area contributed by atoms with Crippen LogP contribution in [0.1, 0.15) is 10.4 Å².